The zero-order valence-corrected chi connectivity index (χ0v) is 35.2. The van der Waals surface area contributed by atoms with Crippen molar-refractivity contribution in [2.24, 2.45) is 0 Å². The van der Waals surface area contributed by atoms with Gasteiger partial charge in [0, 0.05) is 28.0 Å². The molecule has 0 unspecified atom stereocenters. The van der Waals surface area contributed by atoms with Crippen LogP contribution >= 0.6 is 0 Å². The van der Waals surface area contributed by atoms with Gasteiger partial charge in [0.05, 0.1) is 0 Å². The van der Waals surface area contributed by atoms with Crippen molar-refractivity contribution in [3.8, 4) is 78.1 Å². The van der Waals surface area contributed by atoms with Crippen molar-refractivity contribution in [1.29, 1.82) is 0 Å². The summed E-state index contributed by atoms with van der Waals surface area (Å²) >= 11 is 0. The summed E-state index contributed by atoms with van der Waals surface area (Å²) in [7, 11) is 0. The highest BCUT2D eigenvalue weighted by Gasteiger charge is 2.16. The molecule has 0 aliphatic heterocycles. The molecule has 0 spiro atoms. The van der Waals surface area contributed by atoms with Crippen molar-refractivity contribution in [2.45, 2.75) is 0 Å². The highest BCUT2D eigenvalue weighted by atomic mass is 16.3. The van der Waals surface area contributed by atoms with E-state index in [2.05, 4.69) is 248 Å². The normalized spacial score (nSPS) is 11.1. The van der Waals surface area contributed by atoms with Crippen LogP contribution in [0.15, 0.2) is 265 Å². The quantitative estimate of drug-likeness (QED) is 0.137. The molecule has 2 nitrogen and oxygen atoms in total. The van der Waals surface area contributed by atoms with Gasteiger partial charge in [0.2, 0.25) is 0 Å². The molecule has 11 rings (SSSR count). The Morgan fingerprint density at radius 3 is 0.969 bits per heavy atom. The minimum absolute atomic E-state index is 0.868. The van der Waals surface area contributed by atoms with Crippen molar-refractivity contribution in [3.05, 3.63) is 261 Å². The molecule has 0 atom stereocenters. The zero-order valence-electron chi connectivity index (χ0n) is 35.2. The van der Waals surface area contributed by atoms with E-state index >= 15 is 0 Å². The third kappa shape index (κ3) is 7.93. The van der Waals surface area contributed by atoms with E-state index in [0.29, 0.717) is 0 Å². The summed E-state index contributed by atoms with van der Waals surface area (Å²) in [4.78, 5) is 2.35. The minimum Gasteiger partial charge on any atom is -0.456 e. The monoisotopic (exact) mass is 817 g/mol. The molecule has 0 radical (unpaired) electrons. The molecule has 10 aromatic carbocycles. The molecule has 0 fully saturated rings. The highest BCUT2D eigenvalue weighted by molar-refractivity contribution is 5.86. The third-order valence-corrected chi connectivity index (χ3v) is 12.1. The first-order valence-corrected chi connectivity index (χ1v) is 21.8. The van der Waals surface area contributed by atoms with Crippen LogP contribution in [0, 0.1) is 0 Å². The smallest absolute Gasteiger partial charge is 0.135 e. The van der Waals surface area contributed by atoms with Gasteiger partial charge in [-0.1, -0.05) is 182 Å². The number of rotatable bonds is 10. The molecule has 1 aromatic heterocycles. The van der Waals surface area contributed by atoms with E-state index in [-0.39, 0.29) is 0 Å². The molecule has 302 valence electrons. The van der Waals surface area contributed by atoms with Gasteiger partial charge < -0.3 is 9.32 Å². The number of hydrogen-bond donors (Lipinski definition) is 0. The summed E-state index contributed by atoms with van der Waals surface area (Å²) < 4.78 is 6.24. The standard InChI is InChI=1S/C62H43NO/c1-4-14-44(15-5-1)50-21-12-22-51(38-50)47-26-32-58(33-27-47)63(59-34-28-48(29-35-59)52-23-13-24-53(39-52)62-43-54-20-10-11-25-61(54)64-62)60-36-30-49(31-37-60)57-41-55(45-16-6-2-7-17-45)40-56(42-57)46-18-8-3-9-19-46/h1-43H. The average Bonchev–Trinajstić information content (AvgIpc) is 3.83. The number of benzene rings is 10. The van der Waals surface area contributed by atoms with E-state index in [0.717, 1.165) is 56.0 Å². The Morgan fingerprint density at radius 2 is 0.531 bits per heavy atom. The number of para-hydroxylation sites is 1. The van der Waals surface area contributed by atoms with Crippen LogP contribution < -0.4 is 4.90 Å². The maximum Gasteiger partial charge on any atom is 0.135 e. The predicted molar refractivity (Wildman–Crippen MR) is 269 cm³/mol. The molecule has 0 amide bonds. The summed E-state index contributed by atoms with van der Waals surface area (Å²) in [6.45, 7) is 0. The summed E-state index contributed by atoms with van der Waals surface area (Å²) in [6, 6.07) is 93.3. The number of furan rings is 1. The summed E-state index contributed by atoms with van der Waals surface area (Å²) in [6.07, 6.45) is 0. The molecule has 0 aliphatic rings. The number of fused-ring (bicyclic) bond motifs is 1. The van der Waals surface area contributed by atoms with Crippen LogP contribution in [-0.4, -0.2) is 0 Å². The molecular weight excluding hydrogens is 775 g/mol. The second-order valence-electron chi connectivity index (χ2n) is 16.2. The molecule has 0 bridgehead atoms. The Kier molecular flexibility index (Phi) is 10.3. The van der Waals surface area contributed by atoms with Gasteiger partial charge in [-0.2, -0.15) is 0 Å². The van der Waals surface area contributed by atoms with E-state index < -0.39 is 0 Å². The molecular formula is C62H43NO. The molecule has 2 heteroatoms. The second kappa shape index (κ2) is 17.1. The molecule has 0 N–H and O–H groups in total. The minimum atomic E-state index is 0.868. The fraction of sp³-hybridized carbons (Fsp3) is 0. The lowest BCUT2D eigenvalue weighted by Gasteiger charge is -2.26. The fourth-order valence-corrected chi connectivity index (χ4v) is 8.73. The van der Waals surface area contributed by atoms with Crippen molar-refractivity contribution < 1.29 is 4.42 Å². The van der Waals surface area contributed by atoms with E-state index in [1.807, 2.05) is 18.2 Å². The third-order valence-electron chi connectivity index (χ3n) is 12.1. The molecule has 64 heavy (non-hydrogen) atoms. The summed E-state index contributed by atoms with van der Waals surface area (Å²) in [5, 5.41) is 1.10. The van der Waals surface area contributed by atoms with Gasteiger partial charge in [0.1, 0.15) is 11.3 Å². The lowest BCUT2D eigenvalue weighted by molar-refractivity contribution is 0.631. The second-order valence-corrected chi connectivity index (χ2v) is 16.2. The van der Waals surface area contributed by atoms with Crippen LogP contribution in [0.4, 0.5) is 17.1 Å². The van der Waals surface area contributed by atoms with Crippen LogP contribution in [0.5, 0.6) is 0 Å². The average molecular weight is 818 g/mol. The van der Waals surface area contributed by atoms with Gasteiger partial charge in [0.15, 0.2) is 0 Å². The van der Waals surface area contributed by atoms with Gasteiger partial charge in [-0.05, 0) is 146 Å². The van der Waals surface area contributed by atoms with E-state index in [9.17, 15) is 0 Å². The Hall–Kier alpha value is -8.46. The zero-order chi connectivity index (χ0) is 42.7. The first-order valence-electron chi connectivity index (χ1n) is 21.8. The highest BCUT2D eigenvalue weighted by Crippen LogP contribution is 2.40. The molecule has 0 saturated carbocycles. The summed E-state index contributed by atoms with van der Waals surface area (Å²) in [5.74, 6) is 0.868. The largest absolute Gasteiger partial charge is 0.456 e. The topological polar surface area (TPSA) is 16.4 Å². The predicted octanol–water partition coefficient (Wildman–Crippen LogP) is 17.6. The number of nitrogens with zero attached hydrogens (tertiary/aromatic N) is 1. The van der Waals surface area contributed by atoms with Crippen LogP contribution in [-0.2, 0) is 0 Å². The van der Waals surface area contributed by atoms with Gasteiger partial charge in [-0.15, -0.1) is 0 Å². The van der Waals surface area contributed by atoms with Crippen molar-refractivity contribution in [3.63, 3.8) is 0 Å². The van der Waals surface area contributed by atoms with Gasteiger partial charge in [-0.25, -0.2) is 0 Å². The SMILES string of the molecule is c1ccc(-c2cccc(-c3ccc(N(c4ccc(-c5cc(-c6ccccc6)cc(-c6ccccc6)c5)cc4)c4ccc(-c5cccc(-c6cc7ccccc7o6)c5)cc4)cc3)c2)cc1. The lowest BCUT2D eigenvalue weighted by atomic mass is 9.93. The van der Waals surface area contributed by atoms with Crippen LogP contribution in [0.25, 0.3) is 89.1 Å². The molecule has 0 aliphatic carbocycles. The Morgan fingerprint density at radius 1 is 0.219 bits per heavy atom. The molecule has 0 saturated heterocycles. The van der Waals surface area contributed by atoms with Crippen molar-refractivity contribution in [2.75, 3.05) is 4.90 Å². The first kappa shape index (κ1) is 38.5. The maximum absolute atomic E-state index is 6.24. The maximum atomic E-state index is 6.24. The number of anilines is 3. The Labute approximate surface area is 374 Å². The summed E-state index contributed by atoms with van der Waals surface area (Å²) in [5.41, 5.74) is 19.3. The fourth-order valence-electron chi connectivity index (χ4n) is 8.73. The van der Waals surface area contributed by atoms with E-state index in [1.54, 1.807) is 0 Å². The molecule has 1 heterocycles. The Balaban J connectivity index is 0.957. The Bertz CT molecular complexity index is 3240. The van der Waals surface area contributed by atoms with E-state index in [4.69, 9.17) is 4.42 Å². The first-order chi connectivity index (χ1) is 31.7. The van der Waals surface area contributed by atoms with Gasteiger partial charge >= 0.3 is 0 Å². The van der Waals surface area contributed by atoms with Crippen molar-refractivity contribution >= 4 is 28.0 Å². The lowest BCUT2D eigenvalue weighted by Crippen LogP contribution is -2.09. The molecule has 11 aromatic rings. The number of hydrogen-bond acceptors (Lipinski definition) is 2. The van der Waals surface area contributed by atoms with Crippen LogP contribution in [0.3, 0.4) is 0 Å². The van der Waals surface area contributed by atoms with Crippen molar-refractivity contribution in [1.82, 2.24) is 0 Å². The van der Waals surface area contributed by atoms with E-state index in [1.165, 1.54) is 50.1 Å². The van der Waals surface area contributed by atoms with Gasteiger partial charge in [-0.3, -0.25) is 0 Å². The van der Waals surface area contributed by atoms with Crippen LogP contribution in [0.2, 0.25) is 0 Å². The van der Waals surface area contributed by atoms with Crippen LogP contribution in [0.1, 0.15) is 0 Å². The van der Waals surface area contributed by atoms with Gasteiger partial charge in [0.25, 0.3) is 0 Å².